The monoisotopic (exact) mass is 324 g/mol. The molecular weight excluding hydrogens is 292 g/mol. The fourth-order valence-corrected chi connectivity index (χ4v) is 0.288. The molecule has 8 N–H and O–H groups in total. The molecule has 8 heteroatoms. The van der Waals surface area contributed by atoms with Crippen molar-refractivity contribution in [2.24, 2.45) is 22.3 Å². The number of carboxylic acids is 2. The Morgan fingerprint density at radius 1 is 0.818 bits per heavy atom. The molecule has 8 nitrogen and oxygen atoms in total. The summed E-state index contributed by atoms with van der Waals surface area (Å²) in [7, 11) is 0. The van der Waals surface area contributed by atoms with Gasteiger partial charge in [-0.25, -0.2) is 9.59 Å². The first-order valence-electron chi connectivity index (χ1n) is 6.84. The lowest BCUT2D eigenvalue weighted by atomic mass is 9.87. The van der Waals surface area contributed by atoms with Crippen LogP contribution < -0.4 is 11.5 Å². The summed E-state index contributed by atoms with van der Waals surface area (Å²) in [5.74, 6) is -3.65. The van der Waals surface area contributed by atoms with Crippen molar-refractivity contribution in [3.8, 4) is 0 Å². The van der Waals surface area contributed by atoms with E-state index in [-0.39, 0.29) is 36.1 Å². The molecule has 0 amide bonds. The lowest BCUT2D eigenvalue weighted by Gasteiger charge is -2.25. The first-order chi connectivity index (χ1) is 9.65. The van der Waals surface area contributed by atoms with Crippen LogP contribution in [-0.2, 0) is 9.59 Å². The van der Waals surface area contributed by atoms with E-state index >= 15 is 0 Å². The third-order valence-electron chi connectivity index (χ3n) is 3.46. The number of hydrogen-bond donors (Lipinski definition) is 6. The van der Waals surface area contributed by atoms with Gasteiger partial charge in [0.05, 0.1) is 0 Å². The van der Waals surface area contributed by atoms with Crippen LogP contribution in [0.3, 0.4) is 0 Å². The molecule has 0 radical (unpaired) electrons. The SMILES string of the molecule is CC(N)C(C)(C)CO.CC(N)C(C)(C)CO.O=C(O)C(=O)O. The standard InChI is InChI=1S/2C6H15NO.C2H2O4/c2*1-5(7)6(2,3)4-8;3-1(4)2(5)6/h2*5,8H,4,7H2,1-3H3;(H,3,4)(H,5,6). The predicted octanol–water partition coefficient (Wildman–Crippen LogP) is -0.140. The molecule has 2 unspecified atom stereocenters. The van der Waals surface area contributed by atoms with Gasteiger partial charge in [-0.1, -0.05) is 27.7 Å². The van der Waals surface area contributed by atoms with Crippen LogP contribution in [0, 0.1) is 10.8 Å². The molecule has 134 valence electrons. The summed E-state index contributed by atoms with van der Waals surface area (Å²) in [5.41, 5.74) is 10.8. The Hall–Kier alpha value is -1.22. The second kappa shape index (κ2) is 11.4. The van der Waals surface area contributed by atoms with Crippen LogP contribution in [0.25, 0.3) is 0 Å². The van der Waals surface area contributed by atoms with E-state index in [1.807, 2.05) is 41.5 Å². The smallest absolute Gasteiger partial charge is 0.414 e. The Balaban J connectivity index is -0.000000249. The van der Waals surface area contributed by atoms with Crippen LogP contribution >= 0.6 is 0 Å². The molecule has 0 aromatic carbocycles. The number of carbonyl (C=O) groups is 2. The van der Waals surface area contributed by atoms with E-state index in [4.69, 9.17) is 41.5 Å². The summed E-state index contributed by atoms with van der Waals surface area (Å²) in [6.07, 6.45) is 0. The minimum absolute atomic E-state index is 0.0625. The van der Waals surface area contributed by atoms with E-state index in [9.17, 15) is 0 Å². The minimum atomic E-state index is -1.82. The molecule has 0 aromatic heterocycles. The second-order valence-electron chi connectivity index (χ2n) is 6.48. The Morgan fingerprint density at radius 3 is 1.00 bits per heavy atom. The summed E-state index contributed by atoms with van der Waals surface area (Å²) in [6.45, 7) is 11.9. The van der Waals surface area contributed by atoms with Crippen molar-refractivity contribution >= 4 is 11.9 Å². The summed E-state index contributed by atoms with van der Waals surface area (Å²) >= 11 is 0. The highest BCUT2D eigenvalue weighted by atomic mass is 16.4. The number of hydrogen-bond acceptors (Lipinski definition) is 6. The molecule has 0 spiro atoms. The second-order valence-corrected chi connectivity index (χ2v) is 6.48. The average Bonchev–Trinajstić information content (AvgIpc) is 2.39. The quantitative estimate of drug-likeness (QED) is 0.388. The van der Waals surface area contributed by atoms with E-state index in [0.717, 1.165) is 0 Å². The fraction of sp³-hybridized carbons (Fsp3) is 0.857. The van der Waals surface area contributed by atoms with Crippen LogP contribution in [0.1, 0.15) is 41.5 Å². The van der Waals surface area contributed by atoms with Crippen LogP contribution in [-0.4, -0.2) is 57.7 Å². The lowest BCUT2D eigenvalue weighted by Crippen LogP contribution is -2.37. The van der Waals surface area contributed by atoms with Crippen molar-refractivity contribution in [3.05, 3.63) is 0 Å². The molecule has 0 rings (SSSR count). The summed E-state index contributed by atoms with van der Waals surface area (Å²) in [5, 5.41) is 32.2. The van der Waals surface area contributed by atoms with Gasteiger partial charge in [-0.3, -0.25) is 0 Å². The van der Waals surface area contributed by atoms with Crippen LogP contribution in [0.15, 0.2) is 0 Å². The minimum Gasteiger partial charge on any atom is -0.473 e. The Labute approximate surface area is 132 Å². The van der Waals surface area contributed by atoms with E-state index in [1.165, 1.54) is 0 Å². The van der Waals surface area contributed by atoms with Gasteiger partial charge in [-0.15, -0.1) is 0 Å². The van der Waals surface area contributed by atoms with Crippen molar-refractivity contribution in [1.82, 2.24) is 0 Å². The third-order valence-corrected chi connectivity index (χ3v) is 3.46. The first-order valence-corrected chi connectivity index (χ1v) is 6.84. The van der Waals surface area contributed by atoms with E-state index in [0.29, 0.717) is 0 Å². The van der Waals surface area contributed by atoms with Crippen LogP contribution in [0.2, 0.25) is 0 Å². The Morgan fingerprint density at radius 2 is 1.00 bits per heavy atom. The molecule has 0 aliphatic rings. The van der Waals surface area contributed by atoms with Crippen molar-refractivity contribution in [3.63, 3.8) is 0 Å². The van der Waals surface area contributed by atoms with Crippen molar-refractivity contribution in [2.75, 3.05) is 13.2 Å². The van der Waals surface area contributed by atoms with Gasteiger partial charge in [-0.2, -0.15) is 0 Å². The van der Waals surface area contributed by atoms with Gasteiger partial charge in [0, 0.05) is 36.1 Å². The number of aliphatic carboxylic acids is 2. The fourth-order valence-electron chi connectivity index (χ4n) is 0.288. The number of rotatable bonds is 4. The van der Waals surface area contributed by atoms with E-state index in [2.05, 4.69) is 0 Å². The zero-order chi connectivity index (χ0) is 18.7. The summed E-state index contributed by atoms with van der Waals surface area (Å²) in [4.78, 5) is 18.2. The van der Waals surface area contributed by atoms with Gasteiger partial charge in [0.2, 0.25) is 0 Å². The zero-order valence-corrected chi connectivity index (χ0v) is 14.3. The van der Waals surface area contributed by atoms with Crippen LogP contribution in [0.5, 0.6) is 0 Å². The predicted molar refractivity (Wildman–Crippen MR) is 84.3 cm³/mol. The van der Waals surface area contributed by atoms with E-state index in [1.54, 1.807) is 0 Å². The topological polar surface area (TPSA) is 167 Å². The molecule has 2 atom stereocenters. The number of carboxylic acid groups (broad SMARTS) is 2. The number of nitrogens with two attached hydrogens (primary N) is 2. The first kappa shape index (κ1) is 25.7. The summed E-state index contributed by atoms with van der Waals surface area (Å²) in [6, 6.07) is 0.125. The van der Waals surface area contributed by atoms with Gasteiger partial charge >= 0.3 is 11.9 Å². The molecule has 0 aliphatic carbocycles. The van der Waals surface area contributed by atoms with Crippen molar-refractivity contribution in [1.29, 1.82) is 0 Å². The molecule has 0 saturated heterocycles. The molecule has 0 fully saturated rings. The van der Waals surface area contributed by atoms with Gasteiger partial charge in [0.25, 0.3) is 0 Å². The number of aliphatic hydroxyl groups excluding tert-OH is 2. The largest absolute Gasteiger partial charge is 0.473 e. The normalized spacial score (nSPS) is 13.7. The lowest BCUT2D eigenvalue weighted by molar-refractivity contribution is -0.159. The molecule has 0 aromatic rings. The maximum atomic E-state index is 9.10. The molecule has 0 aliphatic heterocycles. The average molecular weight is 324 g/mol. The highest BCUT2D eigenvalue weighted by Crippen LogP contribution is 2.16. The molecule has 22 heavy (non-hydrogen) atoms. The third kappa shape index (κ3) is 13.7. The number of aliphatic hydroxyl groups is 2. The van der Waals surface area contributed by atoms with Gasteiger partial charge in [-0.05, 0) is 13.8 Å². The molecular formula is C14H32N2O6. The van der Waals surface area contributed by atoms with Gasteiger partial charge in [0.1, 0.15) is 0 Å². The zero-order valence-electron chi connectivity index (χ0n) is 14.3. The molecule has 0 bridgehead atoms. The van der Waals surface area contributed by atoms with E-state index < -0.39 is 11.9 Å². The molecule has 0 heterocycles. The molecule has 0 saturated carbocycles. The van der Waals surface area contributed by atoms with Crippen LogP contribution in [0.4, 0.5) is 0 Å². The maximum Gasteiger partial charge on any atom is 0.414 e. The van der Waals surface area contributed by atoms with Gasteiger partial charge in [0.15, 0.2) is 0 Å². The van der Waals surface area contributed by atoms with Crippen molar-refractivity contribution in [2.45, 2.75) is 53.6 Å². The summed E-state index contributed by atoms with van der Waals surface area (Å²) < 4.78 is 0. The Bertz CT molecular complexity index is 295. The highest BCUT2D eigenvalue weighted by Gasteiger charge is 2.21. The van der Waals surface area contributed by atoms with Gasteiger partial charge < -0.3 is 31.9 Å². The Kier molecular flexibility index (Phi) is 13.3. The maximum absolute atomic E-state index is 9.10. The van der Waals surface area contributed by atoms with Crippen molar-refractivity contribution < 1.29 is 30.0 Å². The highest BCUT2D eigenvalue weighted by molar-refractivity contribution is 6.27.